The van der Waals surface area contributed by atoms with Gasteiger partial charge in [-0.25, -0.2) is 4.98 Å². The Bertz CT molecular complexity index is 844. The number of rotatable bonds is 2. The largest absolute Gasteiger partial charge is 0.397 e. The van der Waals surface area contributed by atoms with Gasteiger partial charge in [-0.2, -0.15) is 0 Å². The summed E-state index contributed by atoms with van der Waals surface area (Å²) < 4.78 is 1.98. The molecule has 3 aromatic heterocycles. The lowest BCUT2D eigenvalue weighted by atomic mass is 10.1. The molecule has 5 nitrogen and oxygen atoms in total. The first-order chi connectivity index (χ1) is 9.65. The number of imidazole rings is 1. The van der Waals surface area contributed by atoms with Crippen LogP contribution in [0.4, 0.5) is 5.69 Å². The Balaban J connectivity index is 1.96. The van der Waals surface area contributed by atoms with Crippen molar-refractivity contribution in [3.05, 3.63) is 28.9 Å². The topological polar surface area (TPSA) is 72.4 Å². The van der Waals surface area contributed by atoms with Gasteiger partial charge < -0.3 is 11.1 Å². The van der Waals surface area contributed by atoms with Gasteiger partial charge in [0.15, 0.2) is 0 Å². The SMILES string of the molecule is Cc1cc2nccn2c2sc(C(=O)NC3CC3)c(N)c12. The highest BCUT2D eigenvalue weighted by atomic mass is 32.1. The van der Waals surface area contributed by atoms with Crippen molar-refractivity contribution < 1.29 is 4.79 Å². The Morgan fingerprint density at radius 2 is 2.35 bits per heavy atom. The molecule has 1 fully saturated rings. The number of nitrogens with one attached hydrogen (secondary N) is 1. The van der Waals surface area contributed by atoms with E-state index in [0.717, 1.165) is 34.3 Å². The quantitative estimate of drug-likeness (QED) is 0.759. The zero-order valence-corrected chi connectivity index (χ0v) is 11.8. The number of carbonyl (C=O) groups excluding carboxylic acids is 1. The average molecular weight is 286 g/mol. The zero-order valence-electron chi connectivity index (χ0n) is 11.0. The first-order valence-corrected chi connectivity index (χ1v) is 7.42. The van der Waals surface area contributed by atoms with Gasteiger partial charge in [-0.05, 0) is 31.4 Å². The van der Waals surface area contributed by atoms with Gasteiger partial charge in [-0.1, -0.05) is 0 Å². The fraction of sp³-hybridized carbons (Fsp3) is 0.286. The summed E-state index contributed by atoms with van der Waals surface area (Å²) in [6.45, 7) is 2.00. The maximum atomic E-state index is 12.3. The Morgan fingerprint density at radius 3 is 3.10 bits per heavy atom. The van der Waals surface area contributed by atoms with Gasteiger partial charge in [0.05, 0.1) is 5.69 Å². The maximum Gasteiger partial charge on any atom is 0.263 e. The van der Waals surface area contributed by atoms with E-state index >= 15 is 0 Å². The van der Waals surface area contributed by atoms with Crippen LogP contribution >= 0.6 is 11.3 Å². The number of hydrogen-bond acceptors (Lipinski definition) is 4. The Hall–Kier alpha value is -2.08. The molecule has 3 aromatic rings. The van der Waals surface area contributed by atoms with Crippen molar-refractivity contribution in [3.63, 3.8) is 0 Å². The van der Waals surface area contributed by atoms with Crippen LogP contribution in [0.2, 0.25) is 0 Å². The van der Waals surface area contributed by atoms with E-state index in [1.807, 2.05) is 23.6 Å². The maximum absolute atomic E-state index is 12.3. The van der Waals surface area contributed by atoms with Crippen molar-refractivity contribution in [1.82, 2.24) is 14.7 Å². The molecule has 6 heteroatoms. The van der Waals surface area contributed by atoms with Gasteiger partial charge in [0.2, 0.25) is 0 Å². The predicted molar refractivity (Wildman–Crippen MR) is 80.2 cm³/mol. The van der Waals surface area contributed by atoms with Crippen molar-refractivity contribution in [1.29, 1.82) is 0 Å². The molecule has 0 aromatic carbocycles. The number of anilines is 1. The van der Waals surface area contributed by atoms with Gasteiger partial charge in [0, 0.05) is 23.8 Å². The summed E-state index contributed by atoms with van der Waals surface area (Å²) in [6, 6.07) is 2.33. The average Bonchev–Trinajstić information content (AvgIpc) is 2.97. The van der Waals surface area contributed by atoms with E-state index < -0.39 is 0 Å². The lowest BCUT2D eigenvalue weighted by Crippen LogP contribution is -2.25. The number of carbonyl (C=O) groups is 1. The third kappa shape index (κ3) is 1.61. The van der Waals surface area contributed by atoms with Crippen LogP contribution in [-0.2, 0) is 0 Å². The molecule has 0 unspecified atom stereocenters. The molecule has 20 heavy (non-hydrogen) atoms. The lowest BCUT2D eigenvalue weighted by Gasteiger charge is -2.02. The van der Waals surface area contributed by atoms with Gasteiger partial charge in [-0.3, -0.25) is 9.20 Å². The number of hydrogen-bond donors (Lipinski definition) is 2. The van der Waals surface area contributed by atoms with E-state index in [1.54, 1.807) is 6.20 Å². The molecule has 1 aliphatic rings. The van der Waals surface area contributed by atoms with E-state index in [0.29, 0.717) is 16.6 Å². The molecule has 1 aliphatic carbocycles. The number of aromatic nitrogens is 2. The number of fused-ring (bicyclic) bond motifs is 3. The van der Waals surface area contributed by atoms with Gasteiger partial charge in [0.25, 0.3) is 5.91 Å². The minimum absolute atomic E-state index is 0.0566. The van der Waals surface area contributed by atoms with Gasteiger partial charge in [0.1, 0.15) is 15.4 Å². The summed E-state index contributed by atoms with van der Waals surface area (Å²) in [7, 11) is 0. The van der Waals surface area contributed by atoms with Crippen LogP contribution < -0.4 is 11.1 Å². The second kappa shape index (κ2) is 3.96. The molecule has 0 aliphatic heterocycles. The van der Waals surface area contributed by atoms with Crippen LogP contribution in [0.1, 0.15) is 28.1 Å². The number of pyridine rings is 1. The molecule has 0 saturated heterocycles. The summed E-state index contributed by atoms with van der Waals surface area (Å²) in [5, 5.41) is 3.96. The van der Waals surface area contributed by atoms with Crippen molar-refractivity contribution in [2.45, 2.75) is 25.8 Å². The van der Waals surface area contributed by atoms with Crippen LogP contribution in [0.5, 0.6) is 0 Å². The van der Waals surface area contributed by atoms with Crippen LogP contribution in [-0.4, -0.2) is 21.3 Å². The minimum atomic E-state index is -0.0566. The second-order valence-corrected chi connectivity index (χ2v) is 6.25. The van der Waals surface area contributed by atoms with E-state index in [-0.39, 0.29) is 5.91 Å². The molecule has 1 amide bonds. The normalized spacial score (nSPS) is 15.1. The minimum Gasteiger partial charge on any atom is -0.397 e. The van der Waals surface area contributed by atoms with E-state index in [1.165, 1.54) is 11.3 Å². The molecule has 102 valence electrons. The summed E-state index contributed by atoms with van der Waals surface area (Å²) in [4.78, 5) is 18.2. The Labute approximate surface area is 119 Å². The van der Waals surface area contributed by atoms with Crippen LogP contribution in [0.25, 0.3) is 15.9 Å². The fourth-order valence-corrected chi connectivity index (χ4v) is 3.67. The van der Waals surface area contributed by atoms with Crippen molar-refractivity contribution >= 4 is 38.8 Å². The molecule has 0 spiro atoms. The van der Waals surface area contributed by atoms with Crippen molar-refractivity contribution in [2.24, 2.45) is 0 Å². The fourth-order valence-electron chi connectivity index (χ4n) is 2.49. The molecule has 3 heterocycles. The van der Waals surface area contributed by atoms with E-state index in [2.05, 4.69) is 10.3 Å². The monoisotopic (exact) mass is 286 g/mol. The van der Waals surface area contributed by atoms with Gasteiger partial charge in [-0.15, -0.1) is 11.3 Å². The van der Waals surface area contributed by atoms with Crippen molar-refractivity contribution in [3.8, 4) is 0 Å². The van der Waals surface area contributed by atoms with Crippen LogP contribution in [0.15, 0.2) is 18.5 Å². The highest BCUT2D eigenvalue weighted by molar-refractivity contribution is 7.21. The zero-order chi connectivity index (χ0) is 13.9. The highest BCUT2D eigenvalue weighted by Gasteiger charge is 2.27. The summed E-state index contributed by atoms with van der Waals surface area (Å²) >= 11 is 1.44. The van der Waals surface area contributed by atoms with Crippen LogP contribution in [0.3, 0.4) is 0 Å². The number of nitrogens with two attached hydrogens (primary N) is 1. The molecule has 1 saturated carbocycles. The van der Waals surface area contributed by atoms with E-state index in [4.69, 9.17) is 5.73 Å². The first kappa shape index (κ1) is 11.7. The lowest BCUT2D eigenvalue weighted by molar-refractivity contribution is 0.0956. The second-order valence-electron chi connectivity index (χ2n) is 5.26. The summed E-state index contributed by atoms with van der Waals surface area (Å²) in [5.74, 6) is -0.0566. The standard InChI is InChI=1S/C14H14N4OS/c1-7-6-9-16-4-5-18(9)14-10(7)11(15)12(20-14)13(19)17-8-2-3-8/h4-6,8H,2-3,15H2,1H3,(H,17,19). The molecular weight excluding hydrogens is 272 g/mol. The van der Waals surface area contributed by atoms with Crippen molar-refractivity contribution in [2.75, 3.05) is 5.73 Å². The number of nitrogens with zero attached hydrogens (tertiary/aromatic N) is 2. The molecule has 0 bridgehead atoms. The third-order valence-electron chi connectivity index (χ3n) is 3.67. The van der Waals surface area contributed by atoms with Crippen LogP contribution in [0, 0.1) is 6.92 Å². The summed E-state index contributed by atoms with van der Waals surface area (Å²) in [5.41, 5.74) is 8.73. The number of aryl methyl sites for hydroxylation is 1. The number of nitrogen functional groups attached to an aromatic ring is 1. The first-order valence-electron chi connectivity index (χ1n) is 6.60. The molecular formula is C14H14N4OS. The Kier molecular flexibility index (Phi) is 2.32. The molecule has 3 N–H and O–H groups in total. The molecule has 0 radical (unpaired) electrons. The smallest absolute Gasteiger partial charge is 0.263 e. The number of thiophene rings is 1. The highest BCUT2D eigenvalue weighted by Crippen LogP contribution is 2.36. The Morgan fingerprint density at radius 1 is 1.55 bits per heavy atom. The third-order valence-corrected chi connectivity index (χ3v) is 4.88. The molecule has 0 atom stereocenters. The predicted octanol–water partition coefficient (Wildman–Crippen LogP) is 2.33. The van der Waals surface area contributed by atoms with Gasteiger partial charge >= 0.3 is 0 Å². The number of amides is 1. The molecule has 4 rings (SSSR count). The van der Waals surface area contributed by atoms with E-state index in [9.17, 15) is 4.79 Å². The summed E-state index contributed by atoms with van der Waals surface area (Å²) in [6.07, 6.45) is 5.80.